The van der Waals surface area contributed by atoms with Gasteiger partial charge in [-0.2, -0.15) is 0 Å². The molecule has 2 aromatic rings. The van der Waals surface area contributed by atoms with Gasteiger partial charge < -0.3 is 11.1 Å². The van der Waals surface area contributed by atoms with E-state index in [1.807, 2.05) is 13.0 Å². The lowest BCUT2D eigenvalue weighted by Gasteiger charge is -2.12. The minimum Gasteiger partial charge on any atom is -0.325 e. The number of nitrogens with two attached hydrogens (primary N) is 1. The van der Waals surface area contributed by atoms with Crippen molar-refractivity contribution in [2.75, 3.05) is 5.32 Å². The summed E-state index contributed by atoms with van der Waals surface area (Å²) in [6.45, 7) is 1.99. The smallest absolute Gasteiger partial charge is 0.241 e. The number of rotatable bonds is 6. The van der Waals surface area contributed by atoms with Crippen LogP contribution in [0.4, 0.5) is 5.69 Å². The summed E-state index contributed by atoms with van der Waals surface area (Å²) >= 11 is 9.11. The quantitative estimate of drug-likeness (QED) is 0.840. The maximum Gasteiger partial charge on any atom is 0.241 e. The molecule has 0 spiro atoms. The molecule has 1 atom stereocenters. The number of hydrogen-bond donors (Lipinski definition) is 2. The number of carbonyl (C=O) groups is 1. The molecule has 0 aliphatic rings. The van der Waals surface area contributed by atoms with Crippen LogP contribution in [0.3, 0.4) is 0 Å². The Morgan fingerprint density at radius 3 is 3.00 bits per heavy atom. The number of nitrogens with one attached hydrogen (secondary N) is 1. The molecule has 1 amide bonds. The summed E-state index contributed by atoms with van der Waals surface area (Å²) in [4.78, 5) is 12.7. The highest BCUT2D eigenvalue weighted by molar-refractivity contribution is 8.01. The van der Waals surface area contributed by atoms with E-state index in [0.29, 0.717) is 17.1 Å². The van der Waals surface area contributed by atoms with Crippen LogP contribution < -0.4 is 11.1 Å². The third kappa shape index (κ3) is 4.67. The molecule has 1 unspecified atom stereocenters. The summed E-state index contributed by atoms with van der Waals surface area (Å²) in [5.41, 5.74) is 8.07. The Morgan fingerprint density at radius 1 is 1.57 bits per heavy atom. The predicted molar refractivity (Wildman–Crippen MR) is 87.0 cm³/mol. The number of carbonyl (C=O) groups excluding carboxylic acids is 1. The molecular weight excluding hydrogens is 328 g/mol. The second-order valence-corrected chi connectivity index (χ2v) is 6.87. The Labute approximate surface area is 136 Å². The third-order valence-electron chi connectivity index (χ3n) is 2.67. The fraction of sp³-hybridized carbons (Fsp3) is 0.308. The number of hydrogen-bond acceptors (Lipinski definition) is 6. The number of anilines is 1. The maximum atomic E-state index is 11.9. The Morgan fingerprint density at radius 2 is 2.38 bits per heavy atom. The van der Waals surface area contributed by atoms with E-state index >= 15 is 0 Å². The van der Waals surface area contributed by atoms with Gasteiger partial charge >= 0.3 is 0 Å². The minimum absolute atomic E-state index is 0.197. The van der Waals surface area contributed by atoms with Gasteiger partial charge in [0.15, 0.2) is 4.34 Å². The van der Waals surface area contributed by atoms with Crippen LogP contribution in [0, 0.1) is 0 Å². The van der Waals surface area contributed by atoms with Crippen LogP contribution in [0.2, 0.25) is 5.02 Å². The Hall–Kier alpha value is -1.15. The zero-order valence-corrected chi connectivity index (χ0v) is 13.8. The van der Waals surface area contributed by atoms with Crippen LogP contribution in [-0.4, -0.2) is 22.1 Å². The summed E-state index contributed by atoms with van der Waals surface area (Å²) in [7, 11) is 0. The number of halogens is 1. The van der Waals surface area contributed by atoms with E-state index in [1.54, 1.807) is 17.6 Å². The molecule has 0 bridgehead atoms. The molecular formula is C13H15ClN4OS2. The van der Waals surface area contributed by atoms with E-state index < -0.39 is 6.04 Å². The van der Waals surface area contributed by atoms with Gasteiger partial charge in [0.2, 0.25) is 5.91 Å². The molecule has 21 heavy (non-hydrogen) atoms. The predicted octanol–water partition coefficient (Wildman–Crippen LogP) is 3.41. The van der Waals surface area contributed by atoms with Crippen LogP contribution in [0.25, 0.3) is 0 Å². The third-order valence-corrected chi connectivity index (χ3v) is 4.95. The van der Waals surface area contributed by atoms with E-state index in [1.165, 1.54) is 23.1 Å². The number of aromatic nitrogens is 2. The lowest BCUT2D eigenvalue weighted by Crippen LogP contribution is -2.35. The van der Waals surface area contributed by atoms with Gasteiger partial charge in [-0.3, -0.25) is 4.79 Å². The molecule has 1 heterocycles. The summed E-state index contributed by atoms with van der Waals surface area (Å²) in [6.07, 6.45) is 1.53. The maximum absolute atomic E-state index is 11.9. The van der Waals surface area contributed by atoms with Gasteiger partial charge in [-0.1, -0.05) is 48.0 Å². The summed E-state index contributed by atoms with van der Waals surface area (Å²) in [6, 6.07) is 4.85. The van der Waals surface area contributed by atoms with Crippen molar-refractivity contribution in [3.63, 3.8) is 0 Å². The standard InChI is InChI=1S/C13H15ClN4OS2/c1-2-3-10(15)12(19)17-8-4-5-11(9(14)6-8)21-13-18-16-7-20-13/h4-7,10H,2-3,15H2,1H3,(H,17,19). The van der Waals surface area contributed by atoms with E-state index in [2.05, 4.69) is 15.5 Å². The Bertz CT molecular complexity index is 606. The monoisotopic (exact) mass is 342 g/mol. The molecule has 0 fully saturated rings. The van der Waals surface area contributed by atoms with Gasteiger partial charge in [0.05, 0.1) is 11.1 Å². The molecule has 5 nitrogen and oxygen atoms in total. The minimum atomic E-state index is -0.496. The lowest BCUT2D eigenvalue weighted by atomic mass is 10.1. The van der Waals surface area contributed by atoms with Crippen molar-refractivity contribution in [3.8, 4) is 0 Å². The van der Waals surface area contributed by atoms with E-state index in [4.69, 9.17) is 17.3 Å². The van der Waals surface area contributed by atoms with Crippen molar-refractivity contribution >= 4 is 46.3 Å². The van der Waals surface area contributed by atoms with Gasteiger partial charge in [-0.05, 0) is 24.6 Å². The number of nitrogens with zero attached hydrogens (tertiary/aromatic N) is 2. The van der Waals surface area contributed by atoms with Crippen LogP contribution in [0.5, 0.6) is 0 Å². The van der Waals surface area contributed by atoms with Crippen molar-refractivity contribution in [1.82, 2.24) is 10.2 Å². The van der Waals surface area contributed by atoms with E-state index in [-0.39, 0.29) is 5.91 Å². The van der Waals surface area contributed by atoms with Gasteiger partial charge in [0.1, 0.15) is 5.51 Å². The topological polar surface area (TPSA) is 80.9 Å². The SMILES string of the molecule is CCCC(N)C(=O)Nc1ccc(Sc2nncs2)c(Cl)c1. The van der Waals surface area contributed by atoms with Gasteiger partial charge in [0, 0.05) is 10.6 Å². The lowest BCUT2D eigenvalue weighted by molar-refractivity contribution is -0.117. The first-order chi connectivity index (χ1) is 10.1. The Kier molecular flexibility index (Phi) is 5.98. The molecule has 0 saturated heterocycles. The molecule has 3 N–H and O–H groups in total. The first kappa shape index (κ1) is 16.2. The van der Waals surface area contributed by atoms with Gasteiger partial charge in [0.25, 0.3) is 0 Å². The largest absolute Gasteiger partial charge is 0.325 e. The molecule has 1 aromatic heterocycles. The van der Waals surface area contributed by atoms with Gasteiger partial charge in [-0.15, -0.1) is 10.2 Å². The summed E-state index contributed by atoms with van der Waals surface area (Å²) in [5.74, 6) is -0.197. The zero-order chi connectivity index (χ0) is 15.2. The molecule has 0 radical (unpaired) electrons. The van der Waals surface area contributed by atoms with Crippen molar-refractivity contribution in [3.05, 3.63) is 28.7 Å². The normalized spacial score (nSPS) is 12.1. The fourth-order valence-corrected chi connectivity index (χ4v) is 3.37. The molecule has 1 aromatic carbocycles. The van der Waals surface area contributed by atoms with Crippen molar-refractivity contribution in [1.29, 1.82) is 0 Å². The van der Waals surface area contributed by atoms with E-state index in [9.17, 15) is 4.79 Å². The first-order valence-corrected chi connectivity index (χ1v) is 8.47. The number of amides is 1. The molecule has 112 valence electrons. The summed E-state index contributed by atoms with van der Waals surface area (Å²) < 4.78 is 0.818. The van der Waals surface area contributed by atoms with Crippen LogP contribution in [-0.2, 0) is 4.79 Å². The highest BCUT2D eigenvalue weighted by atomic mass is 35.5. The molecule has 8 heteroatoms. The molecule has 2 rings (SSSR count). The number of benzene rings is 1. The first-order valence-electron chi connectivity index (χ1n) is 6.40. The zero-order valence-electron chi connectivity index (χ0n) is 11.4. The fourth-order valence-electron chi connectivity index (χ4n) is 1.64. The molecule has 0 aliphatic carbocycles. The molecule has 0 aliphatic heterocycles. The highest BCUT2D eigenvalue weighted by Gasteiger charge is 2.13. The second kappa shape index (κ2) is 7.74. The Balaban J connectivity index is 2.03. The van der Waals surface area contributed by atoms with Crippen molar-refractivity contribution in [2.24, 2.45) is 5.73 Å². The second-order valence-electron chi connectivity index (χ2n) is 4.34. The van der Waals surface area contributed by atoms with Gasteiger partial charge in [-0.25, -0.2) is 0 Å². The van der Waals surface area contributed by atoms with E-state index in [0.717, 1.165) is 15.7 Å². The van der Waals surface area contributed by atoms with Crippen LogP contribution in [0.15, 0.2) is 32.9 Å². The van der Waals surface area contributed by atoms with Crippen LogP contribution in [0.1, 0.15) is 19.8 Å². The summed E-state index contributed by atoms with van der Waals surface area (Å²) in [5, 5.41) is 11.1. The van der Waals surface area contributed by atoms with Crippen LogP contribution >= 0.6 is 34.7 Å². The molecule has 0 saturated carbocycles. The van der Waals surface area contributed by atoms with Crippen molar-refractivity contribution in [2.45, 2.75) is 35.0 Å². The van der Waals surface area contributed by atoms with Crippen molar-refractivity contribution < 1.29 is 4.79 Å². The average molecular weight is 343 g/mol. The average Bonchev–Trinajstić information content (AvgIpc) is 2.95. The highest BCUT2D eigenvalue weighted by Crippen LogP contribution is 2.35.